The first-order chi connectivity index (χ1) is 11.5. The van der Waals surface area contributed by atoms with Crippen LogP contribution in [0.5, 0.6) is 0 Å². The van der Waals surface area contributed by atoms with Gasteiger partial charge in [-0.25, -0.2) is 0 Å². The van der Waals surface area contributed by atoms with Crippen LogP contribution in [0.4, 0.5) is 5.69 Å². The number of thiophene rings is 1. The fourth-order valence-electron chi connectivity index (χ4n) is 3.21. The van der Waals surface area contributed by atoms with Crippen LogP contribution in [0, 0.1) is 6.92 Å². The van der Waals surface area contributed by atoms with Gasteiger partial charge >= 0.3 is 0 Å². The van der Waals surface area contributed by atoms with Crippen molar-refractivity contribution in [2.75, 3.05) is 5.73 Å². The summed E-state index contributed by atoms with van der Waals surface area (Å²) in [5, 5.41) is 12.1. The Bertz CT molecular complexity index is 944. The van der Waals surface area contributed by atoms with Gasteiger partial charge in [0.2, 0.25) is 0 Å². The van der Waals surface area contributed by atoms with E-state index in [0.29, 0.717) is 20.5 Å². The molecule has 0 unspecified atom stereocenters. The first kappa shape index (κ1) is 15.4. The van der Waals surface area contributed by atoms with Crippen molar-refractivity contribution in [2.45, 2.75) is 25.8 Å². The SMILES string of the molecule is Cc1c(Cl)nnc2sc(C(=O)NC3Cc4ccccc4C3)c(N)c12. The van der Waals surface area contributed by atoms with Crippen LogP contribution in [0.2, 0.25) is 5.15 Å². The van der Waals surface area contributed by atoms with Crippen LogP contribution in [0.3, 0.4) is 0 Å². The number of nitrogens with zero attached hydrogens (tertiary/aromatic N) is 2. The molecule has 2 aromatic heterocycles. The van der Waals surface area contributed by atoms with Crippen molar-refractivity contribution < 1.29 is 4.79 Å². The van der Waals surface area contributed by atoms with Gasteiger partial charge < -0.3 is 11.1 Å². The number of nitrogens with two attached hydrogens (primary N) is 1. The largest absolute Gasteiger partial charge is 0.397 e. The molecule has 1 aliphatic rings. The van der Waals surface area contributed by atoms with Crippen LogP contribution in [0.1, 0.15) is 26.4 Å². The van der Waals surface area contributed by atoms with Gasteiger partial charge in [0.1, 0.15) is 9.71 Å². The summed E-state index contributed by atoms with van der Waals surface area (Å²) < 4.78 is 0. The zero-order valence-electron chi connectivity index (χ0n) is 13.0. The number of benzene rings is 1. The molecule has 3 aromatic rings. The van der Waals surface area contributed by atoms with E-state index in [-0.39, 0.29) is 11.9 Å². The molecule has 4 rings (SSSR count). The van der Waals surface area contributed by atoms with Crippen molar-refractivity contribution in [3.8, 4) is 0 Å². The lowest BCUT2D eigenvalue weighted by molar-refractivity contribution is 0.0943. The summed E-state index contributed by atoms with van der Waals surface area (Å²) in [4.78, 5) is 13.8. The number of nitrogens with one attached hydrogen (secondary N) is 1. The third-order valence-electron chi connectivity index (χ3n) is 4.43. The van der Waals surface area contributed by atoms with E-state index >= 15 is 0 Å². The van der Waals surface area contributed by atoms with Gasteiger partial charge in [-0.3, -0.25) is 4.79 Å². The van der Waals surface area contributed by atoms with Gasteiger partial charge in [0, 0.05) is 17.0 Å². The Morgan fingerprint density at radius 2 is 1.96 bits per heavy atom. The minimum absolute atomic E-state index is 0.0929. The summed E-state index contributed by atoms with van der Waals surface area (Å²) in [6.45, 7) is 1.83. The van der Waals surface area contributed by atoms with E-state index < -0.39 is 0 Å². The Morgan fingerprint density at radius 1 is 1.29 bits per heavy atom. The topological polar surface area (TPSA) is 80.9 Å². The van der Waals surface area contributed by atoms with E-state index in [1.165, 1.54) is 22.5 Å². The number of carbonyl (C=O) groups is 1. The molecule has 5 nitrogen and oxygen atoms in total. The maximum absolute atomic E-state index is 12.7. The number of hydrogen-bond donors (Lipinski definition) is 2. The highest BCUT2D eigenvalue weighted by molar-refractivity contribution is 7.21. The average Bonchev–Trinajstić information content (AvgIpc) is 3.11. The third kappa shape index (κ3) is 2.42. The second-order valence-corrected chi connectivity index (χ2v) is 7.35. The molecule has 0 bridgehead atoms. The van der Waals surface area contributed by atoms with Crippen LogP contribution in [-0.4, -0.2) is 22.1 Å². The quantitative estimate of drug-likeness (QED) is 0.737. The minimum Gasteiger partial charge on any atom is -0.397 e. The molecule has 0 spiro atoms. The first-order valence-corrected chi connectivity index (χ1v) is 8.82. The third-order valence-corrected chi connectivity index (χ3v) is 5.88. The number of carbonyl (C=O) groups excluding carboxylic acids is 1. The normalized spacial score (nSPS) is 14.1. The molecule has 1 aliphatic carbocycles. The molecule has 0 radical (unpaired) electrons. The molecular weight excluding hydrogens is 344 g/mol. The number of hydrogen-bond acceptors (Lipinski definition) is 5. The Hall–Kier alpha value is -2.18. The molecular formula is C17H15ClN4OS. The first-order valence-electron chi connectivity index (χ1n) is 7.63. The van der Waals surface area contributed by atoms with Crippen molar-refractivity contribution >= 4 is 44.7 Å². The van der Waals surface area contributed by atoms with Crippen LogP contribution in [0.25, 0.3) is 10.2 Å². The summed E-state index contributed by atoms with van der Waals surface area (Å²) in [6, 6.07) is 8.36. The van der Waals surface area contributed by atoms with E-state index in [9.17, 15) is 4.79 Å². The summed E-state index contributed by atoms with van der Waals surface area (Å²) in [7, 11) is 0. The molecule has 0 saturated carbocycles. The van der Waals surface area contributed by atoms with E-state index in [0.717, 1.165) is 23.8 Å². The molecule has 1 aromatic carbocycles. The number of aryl methyl sites for hydroxylation is 1. The Morgan fingerprint density at radius 3 is 2.62 bits per heavy atom. The van der Waals surface area contributed by atoms with Crippen molar-refractivity contribution in [2.24, 2.45) is 0 Å². The molecule has 2 heterocycles. The molecule has 0 aliphatic heterocycles. The van der Waals surface area contributed by atoms with Crippen LogP contribution >= 0.6 is 22.9 Å². The van der Waals surface area contributed by atoms with Gasteiger partial charge in [-0.1, -0.05) is 35.9 Å². The lowest BCUT2D eigenvalue weighted by Gasteiger charge is -2.11. The van der Waals surface area contributed by atoms with E-state index in [1.54, 1.807) is 0 Å². The lowest BCUT2D eigenvalue weighted by Crippen LogP contribution is -2.35. The second-order valence-electron chi connectivity index (χ2n) is 5.99. The number of amides is 1. The van der Waals surface area contributed by atoms with E-state index in [4.69, 9.17) is 17.3 Å². The summed E-state index contributed by atoms with van der Waals surface area (Å²) in [5.74, 6) is -0.163. The predicted molar refractivity (Wildman–Crippen MR) is 96.7 cm³/mol. The summed E-state index contributed by atoms with van der Waals surface area (Å²) >= 11 is 7.27. The molecule has 1 amide bonds. The molecule has 0 fully saturated rings. The maximum atomic E-state index is 12.7. The molecule has 7 heteroatoms. The number of nitrogen functional groups attached to an aromatic ring is 1. The standard InChI is InChI=1S/C17H15ClN4OS/c1-8-12-13(19)14(24-17(12)22-21-15(8)18)16(23)20-11-6-9-4-2-3-5-10(9)7-11/h2-5,11H,6-7,19H2,1H3,(H,20,23). The molecule has 0 atom stereocenters. The zero-order chi connectivity index (χ0) is 16.8. The fourth-order valence-corrected chi connectivity index (χ4v) is 4.35. The average molecular weight is 359 g/mol. The van der Waals surface area contributed by atoms with Crippen molar-refractivity contribution in [1.29, 1.82) is 0 Å². The fraction of sp³-hybridized carbons (Fsp3) is 0.235. The van der Waals surface area contributed by atoms with Gasteiger partial charge in [0.05, 0.1) is 5.69 Å². The highest BCUT2D eigenvalue weighted by Gasteiger charge is 2.26. The minimum atomic E-state index is -0.163. The van der Waals surface area contributed by atoms with Crippen molar-refractivity contribution in [3.63, 3.8) is 0 Å². The Kier molecular flexibility index (Phi) is 3.66. The van der Waals surface area contributed by atoms with Crippen molar-refractivity contribution in [1.82, 2.24) is 15.5 Å². The van der Waals surface area contributed by atoms with Gasteiger partial charge in [0.25, 0.3) is 5.91 Å². The van der Waals surface area contributed by atoms with Crippen LogP contribution in [0.15, 0.2) is 24.3 Å². The highest BCUT2D eigenvalue weighted by atomic mass is 35.5. The Balaban J connectivity index is 1.61. The number of rotatable bonds is 2. The summed E-state index contributed by atoms with van der Waals surface area (Å²) in [5.41, 5.74) is 9.96. The molecule has 3 N–H and O–H groups in total. The molecule has 122 valence electrons. The lowest BCUT2D eigenvalue weighted by atomic mass is 10.1. The maximum Gasteiger partial charge on any atom is 0.263 e. The smallest absolute Gasteiger partial charge is 0.263 e. The monoisotopic (exact) mass is 358 g/mol. The number of fused-ring (bicyclic) bond motifs is 2. The zero-order valence-corrected chi connectivity index (χ0v) is 14.5. The Labute approximate surface area is 147 Å². The number of halogens is 1. The predicted octanol–water partition coefficient (Wildman–Crippen LogP) is 3.13. The van der Waals surface area contributed by atoms with Gasteiger partial charge in [-0.2, -0.15) is 0 Å². The van der Waals surface area contributed by atoms with E-state index in [1.807, 2.05) is 19.1 Å². The second kappa shape index (κ2) is 5.72. The summed E-state index contributed by atoms with van der Waals surface area (Å²) in [6.07, 6.45) is 1.69. The van der Waals surface area contributed by atoms with Gasteiger partial charge in [0.15, 0.2) is 5.15 Å². The van der Waals surface area contributed by atoms with Crippen LogP contribution < -0.4 is 11.1 Å². The number of aromatic nitrogens is 2. The van der Waals surface area contributed by atoms with Crippen molar-refractivity contribution in [3.05, 3.63) is 51.0 Å². The number of anilines is 1. The van der Waals surface area contributed by atoms with E-state index in [2.05, 4.69) is 27.6 Å². The highest BCUT2D eigenvalue weighted by Crippen LogP contribution is 2.36. The van der Waals surface area contributed by atoms with Gasteiger partial charge in [-0.15, -0.1) is 21.5 Å². The van der Waals surface area contributed by atoms with Crippen LogP contribution in [-0.2, 0) is 12.8 Å². The molecule has 24 heavy (non-hydrogen) atoms. The van der Waals surface area contributed by atoms with Gasteiger partial charge in [-0.05, 0) is 30.9 Å². The molecule has 0 saturated heterocycles.